The van der Waals surface area contributed by atoms with Crippen molar-refractivity contribution in [2.45, 2.75) is 0 Å². The Labute approximate surface area is 53.0 Å². The second kappa shape index (κ2) is 2.02. The van der Waals surface area contributed by atoms with Crippen molar-refractivity contribution in [3.05, 3.63) is 17.0 Å². The number of nitrogens with zero attached hydrogens (tertiary/aromatic N) is 1. The first-order valence-corrected chi connectivity index (χ1v) is 3.11. The lowest BCUT2D eigenvalue weighted by Crippen LogP contribution is -1.88. The number of nitriles is 1. The Morgan fingerprint density at radius 3 is 2.62 bits per heavy atom. The molecule has 0 radical (unpaired) electrons. The lowest BCUT2D eigenvalue weighted by Gasteiger charge is -1.69. The second-order valence-electron chi connectivity index (χ2n) is 1.52. The summed E-state index contributed by atoms with van der Waals surface area (Å²) >= 11 is 1.53. The molecule has 8 heavy (non-hydrogen) atoms. The maximum Gasteiger partial charge on any atom is 0.152 e. The molecule has 0 spiro atoms. The van der Waals surface area contributed by atoms with Gasteiger partial charge in [-0.2, -0.15) is 5.26 Å². The SMILES string of the molecule is Bc1ccc(C#N)s1. The van der Waals surface area contributed by atoms with E-state index in [-0.39, 0.29) is 0 Å². The van der Waals surface area contributed by atoms with Crippen molar-refractivity contribution in [1.29, 1.82) is 5.26 Å². The Kier molecular flexibility index (Phi) is 1.36. The van der Waals surface area contributed by atoms with E-state index in [0.29, 0.717) is 0 Å². The van der Waals surface area contributed by atoms with Crippen LogP contribution in [0.15, 0.2) is 12.1 Å². The lowest BCUT2D eigenvalue weighted by molar-refractivity contribution is 1.52. The van der Waals surface area contributed by atoms with Crippen LogP contribution < -0.4 is 4.78 Å². The standard InChI is InChI=1S/C5H4BNS/c6-5-2-1-4(3-7)8-5/h1-2H,6H2. The molecule has 0 saturated heterocycles. The van der Waals surface area contributed by atoms with Crippen LogP contribution in [0.1, 0.15) is 4.88 Å². The number of hydrogen-bond donors (Lipinski definition) is 0. The Morgan fingerprint density at radius 2 is 2.38 bits per heavy atom. The fourth-order valence-electron chi connectivity index (χ4n) is 0.495. The van der Waals surface area contributed by atoms with Gasteiger partial charge in [0.2, 0.25) is 0 Å². The quantitative estimate of drug-likeness (QED) is 0.439. The molecule has 0 aliphatic rings. The van der Waals surface area contributed by atoms with Gasteiger partial charge < -0.3 is 0 Å². The Morgan fingerprint density at radius 1 is 1.62 bits per heavy atom. The van der Waals surface area contributed by atoms with Crippen LogP contribution in [0, 0.1) is 11.3 Å². The van der Waals surface area contributed by atoms with E-state index in [0.717, 1.165) is 4.88 Å². The highest BCUT2D eigenvalue weighted by atomic mass is 32.1. The molecule has 38 valence electrons. The van der Waals surface area contributed by atoms with Gasteiger partial charge in [-0.25, -0.2) is 0 Å². The fourth-order valence-corrected chi connectivity index (χ4v) is 1.16. The summed E-state index contributed by atoms with van der Waals surface area (Å²) in [6.07, 6.45) is 0. The molecule has 0 bridgehead atoms. The van der Waals surface area contributed by atoms with Gasteiger partial charge in [-0.1, -0.05) is 6.07 Å². The smallest absolute Gasteiger partial charge is 0.152 e. The first kappa shape index (κ1) is 5.39. The highest BCUT2D eigenvalue weighted by Crippen LogP contribution is 2.01. The number of thiophene rings is 1. The number of rotatable bonds is 0. The van der Waals surface area contributed by atoms with E-state index in [9.17, 15) is 0 Å². The number of hydrogen-bond acceptors (Lipinski definition) is 2. The zero-order valence-corrected chi connectivity index (χ0v) is 5.33. The van der Waals surface area contributed by atoms with Gasteiger partial charge in [0.15, 0.2) is 7.85 Å². The minimum absolute atomic E-state index is 0.794. The normalized spacial score (nSPS) is 8.38. The minimum Gasteiger partial charge on any atom is -0.192 e. The molecule has 0 aliphatic carbocycles. The molecule has 1 aromatic rings. The third kappa shape index (κ3) is 0.905. The molecular weight excluding hydrogens is 117 g/mol. The van der Waals surface area contributed by atoms with Crippen LogP contribution in [0.4, 0.5) is 0 Å². The summed E-state index contributed by atoms with van der Waals surface area (Å²) in [5.74, 6) is 0. The molecule has 1 heterocycles. The van der Waals surface area contributed by atoms with Gasteiger partial charge in [-0.15, -0.1) is 11.3 Å². The molecule has 0 atom stereocenters. The lowest BCUT2D eigenvalue weighted by atomic mass is 10.1. The van der Waals surface area contributed by atoms with Crippen molar-refractivity contribution in [3.63, 3.8) is 0 Å². The monoisotopic (exact) mass is 121 g/mol. The summed E-state index contributed by atoms with van der Waals surface area (Å²) in [5.41, 5.74) is 0. The highest BCUT2D eigenvalue weighted by molar-refractivity contribution is 7.20. The van der Waals surface area contributed by atoms with Gasteiger partial charge in [0.25, 0.3) is 0 Å². The summed E-state index contributed by atoms with van der Waals surface area (Å²) in [7, 11) is 1.99. The third-order valence-electron chi connectivity index (χ3n) is 0.851. The topological polar surface area (TPSA) is 23.8 Å². The molecule has 1 rings (SSSR count). The Hall–Kier alpha value is -0.745. The molecule has 0 saturated carbocycles. The van der Waals surface area contributed by atoms with E-state index in [1.807, 2.05) is 20.0 Å². The molecule has 0 unspecified atom stereocenters. The summed E-state index contributed by atoms with van der Waals surface area (Å²) in [5, 5.41) is 8.31. The molecule has 0 fully saturated rings. The largest absolute Gasteiger partial charge is 0.192 e. The van der Waals surface area contributed by atoms with Crippen LogP contribution in [0.2, 0.25) is 0 Å². The zero-order valence-electron chi connectivity index (χ0n) is 4.51. The van der Waals surface area contributed by atoms with Crippen molar-refractivity contribution >= 4 is 24.0 Å². The van der Waals surface area contributed by atoms with Gasteiger partial charge in [-0.05, 0) is 10.8 Å². The minimum atomic E-state index is 0.794. The molecule has 0 N–H and O–H groups in total. The van der Waals surface area contributed by atoms with Gasteiger partial charge in [0.1, 0.15) is 10.9 Å². The predicted octanol–water partition coefficient (Wildman–Crippen LogP) is -0.122. The maximum atomic E-state index is 8.31. The van der Waals surface area contributed by atoms with Crippen LogP contribution in [0.3, 0.4) is 0 Å². The molecule has 1 aromatic heterocycles. The predicted molar refractivity (Wildman–Crippen MR) is 37.2 cm³/mol. The first-order valence-electron chi connectivity index (χ1n) is 2.29. The summed E-state index contributed by atoms with van der Waals surface area (Å²) < 4.78 is 1.20. The van der Waals surface area contributed by atoms with E-state index in [1.54, 1.807) is 0 Å². The van der Waals surface area contributed by atoms with Crippen molar-refractivity contribution in [1.82, 2.24) is 0 Å². The van der Waals surface area contributed by atoms with Crippen LogP contribution in [0.5, 0.6) is 0 Å². The van der Waals surface area contributed by atoms with Crippen LogP contribution in [0.25, 0.3) is 0 Å². The maximum absolute atomic E-state index is 8.31. The summed E-state index contributed by atoms with van der Waals surface area (Å²) in [6, 6.07) is 5.85. The van der Waals surface area contributed by atoms with Gasteiger partial charge in [0.05, 0.1) is 0 Å². The second-order valence-corrected chi connectivity index (χ2v) is 2.81. The van der Waals surface area contributed by atoms with Crippen LogP contribution in [-0.4, -0.2) is 7.85 Å². The molecule has 0 amide bonds. The van der Waals surface area contributed by atoms with Crippen molar-refractivity contribution < 1.29 is 0 Å². The molecular formula is C5H4BNS. The van der Waals surface area contributed by atoms with Crippen molar-refractivity contribution in [2.24, 2.45) is 0 Å². The summed E-state index contributed by atoms with van der Waals surface area (Å²) in [4.78, 5) is 0.794. The van der Waals surface area contributed by atoms with E-state index in [1.165, 1.54) is 16.1 Å². The van der Waals surface area contributed by atoms with Crippen molar-refractivity contribution in [2.75, 3.05) is 0 Å². The Bertz CT molecular complexity index is 223. The molecule has 0 aromatic carbocycles. The Balaban J connectivity index is 3.05. The average molecular weight is 121 g/mol. The van der Waals surface area contributed by atoms with Gasteiger partial charge in [-0.3, -0.25) is 0 Å². The van der Waals surface area contributed by atoms with Crippen LogP contribution >= 0.6 is 11.3 Å². The third-order valence-corrected chi connectivity index (χ3v) is 1.76. The first-order chi connectivity index (χ1) is 3.83. The van der Waals surface area contributed by atoms with Gasteiger partial charge >= 0.3 is 0 Å². The molecule has 1 nitrogen and oxygen atoms in total. The fraction of sp³-hybridized carbons (Fsp3) is 0. The van der Waals surface area contributed by atoms with E-state index < -0.39 is 0 Å². The van der Waals surface area contributed by atoms with Crippen molar-refractivity contribution in [3.8, 4) is 6.07 Å². The summed E-state index contributed by atoms with van der Waals surface area (Å²) in [6.45, 7) is 0. The van der Waals surface area contributed by atoms with E-state index in [2.05, 4.69) is 6.07 Å². The van der Waals surface area contributed by atoms with E-state index in [4.69, 9.17) is 5.26 Å². The average Bonchev–Trinajstić information content (AvgIpc) is 2.14. The highest BCUT2D eigenvalue weighted by Gasteiger charge is 1.89. The molecule has 3 heteroatoms. The zero-order chi connectivity index (χ0) is 5.98. The van der Waals surface area contributed by atoms with E-state index >= 15 is 0 Å². The van der Waals surface area contributed by atoms with Crippen LogP contribution in [-0.2, 0) is 0 Å². The molecule has 0 aliphatic heterocycles. The van der Waals surface area contributed by atoms with Gasteiger partial charge in [0, 0.05) is 0 Å².